The third-order valence-corrected chi connectivity index (χ3v) is 1.81. The van der Waals surface area contributed by atoms with Gasteiger partial charge in [-0.05, 0) is 20.6 Å². The molecule has 0 N–H and O–H groups in total. The van der Waals surface area contributed by atoms with Crippen LogP contribution in [0.2, 0.25) is 0 Å². The molecule has 3 nitrogen and oxygen atoms in total. The summed E-state index contributed by atoms with van der Waals surface area (Å²) in [5, 5.41) is 9.34. The molecule has 1 radical (unpaired) electrons. The summed E-state index contributed by atoms with van der Waals surface area (Å²) in [7, 11) is 4.14. The van der Waals surface area contributed by atoms with Gasteiger partial charge in [-0.2, -0.15) is 0 Å². The van der Waals surface area contributed by atoms with Crippen LogP contribution >= 0.6 is 0 Å². The van der Waals surface area contributed by atoms with Crippen molar-refractivity contribution >= 4 is 0 Å². The van der Waals surface area contributed by atoms with Crippen LogP contribution in [0, 0.1) is 0 Å². The second kappa shape index (κ2) is 6.96. The first kappa shape index (κ1) is 18.7. The van der Waals surface area contributed by atoms with Crippen LogP contribution in [0.5, 0.6) is 0 Å². The molecule has 0 bridgehead atoms. The average molecular weight is 272 g/mol. The Bertz CT molecular complexity index is 185. The van der Waals surface area contributed by atoms with Gasteiger partial charge in [0.15, 0.2) is 0 Å². The second-order valence-corrected chi connectivity index (χ2v) is 6.11. The van der Waals surface area contributed by atoms with E-state index in [4.69, 9.17) is 5.32 Å². The average Bonchev–Trinajstić information content (AvgIpc) is 1.73. The van der Waals surface area contributed by atoms with Crippen LogP contribution < -0.4 is 0 Å². The summed E-state index contributed by atoms with van der Waals surface area (Å²) < 4.78 is 0. The second-order valence-electron chi connectivity index (χ2n) is 6.11. The first-order chi connectivity index (χ1) is 6.52. The van der Waals surface area contributed by atoms with E-state index in [0.29, 0.717) is 0 Å². The molecule has 0 saturated carbocycles. The molecule has 0 heterocycles. The minimum atomic E-state index is -0.0301. The molecule has 0 amide bonds. The van der Waals surface area contributed by atoms with Crippen molar-refractivity contribution in [2.75, 3.05) is 20.6 Å². The molecule has 0 aromatic rings. The zero-order valence-corrected chi connectivity index (χ0v) is 13.0. The van der Waals surface area contributed by atoms with E-state index in [1.807, 2.05) is 0 Å². The van der Waals surface area contributed by atoms with Gasteiger partial charge in [-0.1, -0.05) is 34.6 Å². The van der Waals surface area contributed by atoms with Gasteiger partial charge in [0, 0.05) is 0 Å². The smallest absolute Gasteiger partial charge is 0.673 e. The topological polar surface area (TPSA) is 31.4 Å². The molecule has 0 aliphatic rings. The van der Waals surface area contributed by atoms with Crippen LogP contribution in [0.1, 0.15) is 41.5 Å². The van der Waals surface area contributed by atoms with Gasteiger partial charge in [0.1, 0.15) is 0 Å². The van der Waals surface area contributed by atoms with E-state index in [1.54, 1.807) is 0 Å². The molecule has 0 fully saturated rings. The zero-order chi connectivity index (χ0) is 12.3. The Kier molecular flexibility index (Phi) is 8.16. The molecule has 0 saturated heterocycles. The first-order valence-electron chi connectivity index (χ1n) is 5.61. The standard InChI is InChI=1S/C12H27N3.Co/c1-10(13-11(2,3)4)14-12(5,6)9-15(7)8;/h10H,9H2,1-8H3;/q-2;+2. The van der Waals surface area contributed by atoms with Crippen molar-refractivity contribution in [2.45, 2.75) is 58.8 Å². The van der Waals surface area contributed by atoms with Crippen LogP contribution in [-0.2, 0) is 16.8 Å². The molecule has 4 heteroatoms. The largest absolute Gasteiger partial charge is 2.00 e. The van der Waals surface area contributed by atoms with Gasteiger partial charge in [-0.3, -0.25) is 0 Å². The Hall–Kier alpha value is 0.386. The van der Waals surface area contributed by atoms with Gasteiger partial charge in [0.25, 0.3) is 0 Å². The maximum atomic E-state index is 4.73. The van der Waals surface area contributed by atoms with E-state index in [0.717, 1.165) is 6.54 Å². The van der Waals surface area contributed by atoms with Gasteiger partial charge in [0.05, 0.1) is 0 Å². The molecule has 0 aromatic carbocycles. The summed E-state index contributed by atoms with van der Waals surface area (Å²) in [5.41, 5.74) is -0.0330. The summed E-state index contributed by atoms with van der Waals surface area (Å²) in [6, 6.07) is 0. The molecule has 0 aliphatic carbocycles. The zero-order valence-electron chi connectivity index (χ0n) is 12.0. The predicted octanol–water partition coefficient (Wildman–Crippen LogP) is 3.22. The molecule has 1 unspecified atom stereocenters. The summed E-state index contributed by atoms with van der Waals surface area (Å²) in [6.07, 6.45) is 0.0694. The Morgan fingerprint density at radius 3 is 1.75 bits per heavy atom. The van der Waals surface area contributed by atoms with Crippen LogP contribution in [0.4, 0.5) is 0 Å². The number of nitrogens with zero attached hydrogens (tertiary/aromatic N) is 3. The van der Waals surface area contributed by atoms with Gasteiger partial charge >= 0.3 is 16.8 Å². The Morgan fingerprint density at radius 1 is 1.00 bits per heavy atom. The number of rotatable bonds is 5. The van der Waals surface area contributed by atoms with E-state index in [9.17, 15) is 0 Å². The molecular weight excluding hydrogens is 245 g/mol. The Morgan fingerprint density at radius 2 is 1.44 bits per heavy atom. The van der Waals surface area contributed by atoms with Crippen molar-refractivity contribution in [1.82, 2.24) is 4.90 Å². The maximum absolute atomic E-state index is 4.73. The fraction of sp³-hybridized carbons (Fsp3) is 1.00. The summed E-state index contributed by atoms with van der Waals surface area (Å²) in [5.74, 6) is 0. The van der Waals surface area contributed by atoms with Crippen LogP contribution in [0.3, 0.4) is 0 Å². The van der Waals surface area contributed by atoms with Crippen molar-refractivity contribution < 1.29 is 16.8 Å². The van der Waals surface area contributed by atoms with Gasteiger partial charge < -0.3 is 15.5 Å². The van der Waals surface area contributed by atoms with Crippen molar-refractivity contribution in [1.29, 1.82) is 0 Å². The Balaban J connectivity index is 0. The molecule has 99 valence electrons. The summed E-state index contributed by atoms with van der Waals surface area (Å²) >= 11 is 0. The minimum absolute atomic E-state index is 0. The van der Waals surface area contributed by atoms with E-state index < -0.39 is 0 Å². The van der Waals surface area contributed by atoms with E-state index in [2.05, 4.69) is 65.9 Å². The molecule has 16 heavy (non-hydrogen) atoms. The maximum Gasteiger partial charge on any atom is 2.00 e. The molecule has 0 rings (SSSR count). The van der Waals surface area contributed by atoms with Gasteiger partial charge in [0.2, 0.25) is 0 Å². The SMILES string of the molecule is CC([N-]C(C)(C)C)[N-]C(C)(C)CN(C)C.[Co+2]. The van der Waals surface area contributed by atoms with E-state index >= 15 is 0 Å². The van der Waals surface area contributed by atoms with E-state index in [1.165, 1.54) is 0 Å². The van der Waals surface area contributed by atoms with Crippen molar-refractivity contribution in [3.8, 4) is 0 Å². The normalized spacial score (nSPS) is 14.8. The van der Waals surface area contributed by atoms with Crippen molar-refractivity contribution in [3.05, 3.63) is 10.6 Å². The predicted molar refractivity (Wildman–Crippen MR) is 68.6 cm³/mol. The first-order valence-corrected chi connectivity index (χ1v) is 5.61. The summed E-state index contributed by atoms with van der Waals surface area (Å²) in [4.78, 5) is 2.16. The van der Waals surface area contributed by atoms with E-state index in [-0.39, 0.29) is 34.0 Å². The van der Waals surface area contributed by atoms with Crippen LogP contribution in [0.15, 0.2) is 0 Å². The molecular formula is C12H27CoN3. The van der Waals surface area contributed by atoms with Gasteiger partial charge in [-0.15, -0.1) is 18.0 Å². The van der Waals surface area contributed by atoms with Crippen LogP contribution in [0.25, 0.3) is 10.6 Å². The van der Waals surface area contributed by atoms with Crippen molar-refractivity contribution in [2.24, 2.45) is 0 Å². The number of hydrogen-bond acceptors (Lipinski definition) is 1. The third kappa shape index (κ3) is 10.9. The van der Waals surface area contributed by atoms with Crippen LogP contribution in [-0.4, -0.2) is 42.8 Å². The molecule has 0 aromatic heterocycles. The Labute approximate surface area is 112 Å². The summed E-state index contributed by atoms with van der Waals surface area (Å²) in [6.45, 7) is 13.6. The molecule has 1 atom stereocenters. The molecule has 0 spiro atoms. The third-order valence-electron chi connectivity index (χ3n) is 1.81. The van der Waals surface area contributed by atoms with Gasteiger partial charge in [-0.25, -0.2) is 6.17 Å². The van der Waals surface area contributed by atoms with Crippen molar-refractivity contribution in [3.63, 3.8) is 0 Å². The number of likely N-dealkylation sites (N-methyl/N-ethyl adjacent to an activating group) is 1. The minimum Gasteiger partial charge on any atom is -0.673 e. The quantitative estimate of drug-likeness (QED) is 0.756. The fourth-order valence-corrected chi connectivity index (χ4v) is 1.91. The molecule has 0 aliphatic heterocycles. The fourth-order valence-electron chi connectivity index (χ4n) is 1.91. The number of hydrogen-bond donors (Lipinski definition) is 0. The monoisotopic (exact) mass is 272 g/mol.